The number of hydrogen-bond acceptors (Lipinski definition) is 0. The van der Waals surface area contributed by atoms with Crippen molar-refractivity contribution in [3.8, 4) is 0 Å². The molecule has 0 radical (unpaired) electrons. The van der Waals surface area contributed by atoms with Gasteiger partial charge < -0.3 is 16.9 Å². The summed E-state index contributed by atoms with van der Waals surface area (Å²) in [5, 5.41) is 0. The van der Waals surface area contributed by atoms with E-state index in [4.69, 9.17) is 34.8 Å². The lowest BCUT2D eigenvalue weighted by molar-refractivity contribution is -0.902. The summed E-state index contributed by atoms with van der Waals surface area (Å²) in [4.78, 5) is 0. The predicted octanol–water partition coefficient (Wildman–Crippen LogP) is -0.847. The summed E-state index contributed by atoms with van der Waals surface area (Å²) in [6, 6.07) is 0. The maximum Gasteiger partial charge on any atom is 0.0922 e. The van der Waals surface area contributed by atoms with E-state index in [2.05, 4.69) is 7.05 Å². The van der Waals surface area contributed by atoms with Crippen molar-refractivity contribution in [2.75, 3.05) is 44.3 Å². The average molecular weight is 255 g/mol. The highest BCUT2D eigenvalue weighted by Gasteiger charge is 2.18. The lowest BCUT2D eigenvalue weighted by Crippen LogP contribution is -3.00. The summed E-state index contributed by atoms with van der Waals surface area (Å²) in [6.45, 7) is 2.84. The molecule has 0 unspecified atom stereocenters. The number of hydrogen-bond donors (Lipinski definition) is 0. The zero-order valence-electron chi connectivity index (χ0n) is 7.20. The molecule has 5 heteroatoms. The molecule has 0 aliphatic carbocycles. The first-order valence-electron chi connectivity index (χ1n) is 3.70. The Kier molecular flexibility index (Phi) is 11.3. The van der Waals surface area contributed by atoms with E-state index < -0.39 is 0 Å². The smallest absolute Gasteiger partial charge is 0.0922 e. The van der Waals surface area contributed by atoms with E-state index in [0.29, 0.717) is 17.6 Å². The van der Waals surface area contributed by atoms with Crippen LogP contribution in [0, 0.1) is 0 Å². The van der Waals surface area contributed by atoms with Crippen LogP contribution in [0.2, 0.25) is 0 Å². The molecule has 0 spiro atoms. The second-order valence-electron chi connectivity index (χ2n) is 2.86. The van der Waals surface area contributed by atoms with Crippen LogP contribution in [-0.2, 0) is 0 Å². The van der Waals surface area contributed by atoms with Crippen molar-refractivity contribution in [1.82, 2.24) is 0 Å². The number of alkyl halides is 3. The lowest BCUT2D eigenvalue weighted by Gasteiger charge is -2.32. The van der Waals surface area contributed by atoms with Crippen LogP contribution in [-0.4, -0.2) is 48.8 Å². The van der Waals surface area contributed by atoms with E-state index in [0.717, 1.165) is 24.1 Å². The van der Waals surface area contributed by atoms with Crippen LogP contribution in [0.4, 0.5) is 0 Å². The van der Waals surface area contributed by atoms with Crippen LogP contribution in [0.15, 0.2) is 0 Å². The van der Waals surface area contributed by atoms with Gasteiger partial charge in [-0.15, -0.1) is 34.8 Å². The third-order valence-electron chi connectivity index (χ3n) is 1.87. The Hall–Kier alpha value is 1.12. The quantitative estimate of drug-likeness (QED) is 0.428. The zero-order chi connectivity index (χ0) is 8.74. The van der Waals surface area contributed by atoms with Crippen LogP contribution < -0.4 is 12.4 Å². The maximum atomic E-state index is 5.66. The van der Waals surface area contributed by atoms with Crippen molar-refractivity contribution in [2.24, 2.45) is 0 Å². The highest BCUT2D eigenvalue weighted by Crippen LogP contribution is 2.04. The van der Waals surface area contributed by atoms with Crippen molar-refractivity contribution in [3.05, 3.63) is 0 Å². The molecule has 0 fully saturated rings. The molecule has 12 heavy (non-hydrogen) atoms. The number of halogens is 4. The third-order valence-corrected chi connectivity index (χ3v) is 2.38. The molecule has 1 nitrogen and oxygen atoms in total. The van der Waals surface area contributed by atoms with Crippen molar-refractivity contribution < 1.29 is 16.9 Å². The molecule has 0 atom stereocenters. The molecule has 0 aromatic rings. The molecule has 0 aliphatic heterocycles. The average Bonchev–Trinajstić information content (AvgIpc) is 1.88. The molecule has 0 amide bonds. The van der Waals surface area contributed by atoms with Gasteiger partial charge in [0.05, 0.1) is 44.3 Å². The van der Waals surface area contributed by atoms with Gasteiger partial charge in [0, 0.05) is 0 Å². The molecule has 0 aromatic carbocycles. The molecule has 0 rings (SSSR count). The minimum atomic E-state index is 0. The summed E-state index contributed by atoms with van der Waals surface area (Å²) >= 11 is 17.0. The van der Waals surface area contributed by atoms with E-state index in [-0.39, 0.29) is 12.4 Å². The van der Waals surface area contributed by atoms with Gasteiger partial charge in [-0.25, -0.2) is 0 Å². The molecule has 76 valence electrons. The van der Waals surface area contributed by atoms with Gasteiger partial charge in [-0.1, -0.05) is 0 Å². The number of quaternary nitrogens is 1. The van der Waals surface area contributed by atoms with Gasteiger partial charge in [0.1, 0.15) is 0 Å². The maximum absolute atomic E-state index is 5.66. The molecule has 0 saturated carbocycles. The second-order valence-corrected chi connectivity index (χ2v) is 3.99. The molecule has 0 saturated heterocycles. The van der Waals surface area contributed by atoms with Crippen molar-refractivity contribution in [1.29, 1.82) is 0 Å². The third kappa shape index (κ3) is 6.62. The van der Waals surface area contributed by atoms with Gasteiger partial charge in [-0.05, 0) is 0 Å². The first kappa shape index (κ1) is 15.6. The summed E-state index contributed by atoms with van der Waals surface area (Å²) in [5.41, 5.74) is 0. The molecule has 0 bridgehead atoms. The van der Waals surface area contributed by atoms with E-state index in [9.17, 15) is 0 Å². The summed E-state index contributed by atoms with van der Waals surface area (Å²) in [6.07, 6.45) is 0. The lowest BCUT2D eigenvalue weighted by atomic mass is 10.4. The van der Waals surface area contributed by atoms with E-state index in [1.807, 2.05) is 0 Å². The van der Waals surface area contributed by atoms with E-state index in [1.165, 1.54) is 0 Å². The standard InChI is InChI=1S/C7H15Cl3N.ClH/c1-11(5-2-8,6-3-9)7-4-10;/h2-7H2,1H3;1H/q+1;/p-1. The summed E-state index contributed by atoms with van der Waals surface area (Å²) in [5.74, 6) is 2.01. The molecule has 0 aliphatic rings. The Balaban J connectivity index is 0. The molecule has 0 N–H and O–H groups in total. The largest absolute Gasteiger partial charge is 1.00 e. The molecular formula is C7H15Cl4N. The minimum Gasteiger partial charge on any atom is -1.00 e. The van der Waals surface area contributed by atoms with Gasteiger partial charge in [0.25, 0.3) is 0 Å². The molecule has 0 heterocycles. The Labute approximate surface area is 96.0 Å². The number of rotatable bonds is 6. The van der Waals surface area contributed by atoms with Gasteiger partial charge in [-0.2, -0.15) is 0 Å². The first-order chi connectivity index (χ1) is 5.18. The number of nitrogens with zero attached hydrogens (tertiary/aromatic N) is 1. The topological polar surface area (TPSA) is 0 Å². The Bertz CT molecular complexity index is 82.4. The van der Waals surface area contributed by atoms with Gasteiger partial charge >= 0.3 is 0 Å². The Morgan fingerprint density at radius 3 is 1.25 bits per heavy atom. The van der Waals surface area contributed by atoms with Crippen LogP contribution in [0.25, 0.3) is 0 Å². The first-order valence-corrected chi connectivity index (χ1v) is 5.30. The van der Waals surface area contributed by atoms with Crippen LogP contribution >= 0.6 is 34.8 Å². The second kappa shape index (κ2) is 8.71. The fraction of sp³-hybridized carbons (Fsp3) is 1.00. The van der Waals surface area contributed by atoms with Crippen molar-refractivity contribution >= 4 is 34.8 Å². The van der Waals surface area contributed by atoms with Gasteiger partial charge in [0.2, 0.25) is 0 Å². The van der Waals surface area contributed by atoms with Crippen LogP contribution in [0.1, 0.15) is 0 Å². The SMILES string of the molecule is C[N+](CCCl)(CCCl)CCCl.[Cl-]. The van der Waals surface area contributed by atoms with Gasteiger partial charge in [0.15, 0.2) is 0 Å². The van der Waals surface area contributed by atoms with Crippen LogP contribution in [0.5, 0.6) is 0 Å². The Morgan fingerprint density at radius 2 is 1.08 bits per heavy atom. The van der Waals surface area contributed by atoms with Gasteiger partial charge in [-0.3, -0.25) is 0 Å². The highest BCUT2D eigenvalue weighted by molar-refractivity contribution is 6.18. The summed E-state index contributed by atoms with van der Waals surface area (Å²) < 4.78 is 0.885. The Morgan fingerprint density at radius 1 is 0.833 bits per heavy atom. The van der Waals surface area contributed by atoms with E-state index >= 15 is 0 Å². The van der Waals surface area contributed by atoms with Crippen molar-refractivity contribution in [3.63, 3.8) is 0 Å². The molecular weight excluding hydrogens is 240 g/mol. The predicted molar refractivity (Wildman–Crippen MR) is 52.9 cm³/mol. The molecule has 0 aromatic heterocycles. The van der Waals surface area contributed by atoms with Crippen molar-refractivity contribution in [2.45, 2.75) is 0 Å². The zero-order valence-corrected chi connectivity index (χ0v) is 10.2. The normalized spacial score (nSPS) is 11.0. The fourth-order valence-electron chi connectivity index (χ4n) is 0.948. The summed E-state index contributed by atoms with van der Waals surface area (Å²) in [7, 11) is 2.13. The van der Waals surface area contributed by atoms with E-state index in [1.54, 1.807) is 0 Å². The fourth-order valence-corrected chi connectivity index (χ4v) is 2.17. The van der Waals surface area contributed by atoms with Crippen LogP contribution in [0.3, 0.4) is 0 Å². The monoisotopic (exact) mass is 253 g/mol. The minimum absolute atomic E-state index is 0. The highest BCUT2D eigenvalue weighted by atomic mass is 35.5.